The second-order valence-corrected chi connectivity index (χ2v) is 6.94. The van der Waals surface area contributed by atoms with Crippen molar-refractivity contribution in [3.63, 3.8) is 0 Å². The largest absolute Gasteiger partial charge is 0.502 e. The zero-order valence-corrected chi connectivity index (χ0v) is 15.8. The first-order valence-corrected chi connectivity index (χ1v) is 9.08. The quantitative estimate of drug-likeness (QED) is 0.764. The lowest BCUT2D eigenvalue weighted by atomic mass is 9.85. The summed E-state index contributed by atoms with van der Waals surface area (Å²) in [5.74, 6) is 1.58. The highest BCUT2D eigenvalue weighted by Crippen LogP contribution is 2.39. The molecule has 0 saturated carbocycles. The normalized spacial score (nSPS) is 20.1. The molecule has 2 aliphatic heterocycles. The lowest BCUT2D eigenvalue weighted by Crippen LogP contribution is -2.20. The van der Waals surface area contributed by atoms with E-state index in [1.807, 2.05) is 18.2 Å². The van der Waals surface area contributed by atoms with E-state index in [0.29, 0.717) is 30.9 Å². The summed E-state index contributed by atoms with van der Waals surface area (Å²) in [6.07, 6.45) is 1.17. The number of ether oxygens (including phenoxy) is 5. The molecule has 0 aliphatic carbocycles. The van der Waals surface area contributed by atoms with Gasteiger partial charge in [-0.05, 0) is 48.2 Å². The van der Waals surface area contributed by atoms with Gasteiger partial charge < -0.3 is 28.8 Å². The van der Waals surface area contributed by atoms with Gasteiger partial charge in [-0.1, -0.05) is 6.07 Å². The van der Waals surface area contributed by atoms with E-state index in [0.717, 1.165) is 22.6 Å². The number of hydrogen-bond acceptors (Lipinski definition) is 7. The number of methoxy groups -OCH3 is 2. The van der Waals surface area contributed by atoms with Gasteiger partial charge in [-0.15, -0.1) is 0 Å². The van der Waals surface area contributed by atoms with Crippen molar-refractivity contribution in [2.24, 2.45) is 11.8 Å². The van der Waals surface area contributed by atoms with Gasteiger partial charge in [-0.2, -0.15) is 0 Å². The molecule has 7 nitrogen and oxygen atoms in total. The summed E-state index contributed by atoms with van der Waals surface area (Å²) in [7, 11) is 2.95. The number of carbonyl (C=O) groups is 1. The first-order chi connectivity index (χ1) is 13.6. The molecular weight excluding hydrogens is 364 g/mol. The summed E-state index contributed by atoms with van der Waals surface area (Å²) in [4.78, 5) is 12.4. The number of esters is 1. The van der Waals surface area contributed by atoms with Crippen LogP contribution < -0.4 is 18.9 Å². The van der Waals surface area contributed by atoms with Crippen molar-refractivity contribution in [1.29, 1.82) is 0 Å². The van der Waals surface area contributed by atoms with E-state index in [4.69, 9.17) is 23.7 Å². The van der Waals surface area contributed by atoms with Crippen LogP contribution in [0.15, 0.2) is 30.3 Å². The Kier molecular flexibility index (Phi) is 4.90. The highest BCUT2D eigenvalue weighted by atomic mass is 16.7. The summed E-state index contributed by atoms with van der Waals surface area (Å²) in [5, 5.41) is 10.1. The van der Waals surface area contributed by atoms with Crippen LogP contribution in [0.5, 0.6) is 28.7 Å². The van der Waals surface area contributed by atoms with Crippen LogP contribution in [0.1, 0.15) is 11.1 Å². The van der Waals surface area contributed by atoms with Crippen LogP contribution in [0.4, 0.5) is 0 Å². The molecule has 1 N–H and O–H groups in total. The van der Waals surface area contributed by atoms with Gasteiger partial charge in [0, 0.05) is 5.92 Å². The van der Waals surface area contributed by atoms with Crippen molar-refractivity contribution in [2.45, 2.75) is 12.8 Å². The summed E-state index contributed by atoms with van der Waals surface area (Å²) >= 11 is 0. The lowest BCUT2D eigenvalue weighted by Gasteiger charge is -2.17. The first kappa shape index (κ1) is 18.3. The van der Waals surface area contributed by atoms with E-state index in [1.54, 1.807) is 12.1 Å². The highest BCUT2D eigenvalue weighted by Gasteiger charge is 2.37. The number of carbonyl (C=O) groups excluding carboxylic acids is 1. The molecule has 2 atom stereocenters. The molecule has 7 heteroatoms. The number of cyclic esters (lactones) is 1. The fraction of sp³-hybridized carbons (Fsp3) is 0.381. The number of aromatic hydroxyl groups is 1. The van der Waals surface area contributed by atoms with Crippen molar-refractivity contribution < 1.29 is 33.6 Å². The maximum atomic E-state index is 12.4. The Hall–Kier alpha value is -3.09. The molecule has 1 saturated heterocycles. The van der Waals surface area contributed by atoms with Crippen molar-refractivity contribution in [1.82, 2.24) is 0 Å². The molecule has 148 valence electrons. The Bertz CT molecular complexity index is 867. The van der Waals surface area contributed by atoms with Crippen LogP contribution in [0, 0.1) is 11.8 Å². The molecule has 0 radical (unpaired) electrons. The van der Waals surface area contributed by atoms with Gasteiger partial charge in [-0.25, -0.2) is 0 Å². The third-order valence-corrected chi connectivity index (χ3v) is 5.24. The Morgan fingerprint density at radius 3 is 2.39 bits per heavy atom. The average molecular weight is 386 g/mol. The van der Waals surface area contributed by atoms with Crippen LogP contribution in [-0.4, -0.2) is 38.7 Å². The van der Waals surface area contributed by atoms with Gasteiger partial charge in [0.05, 0.1) is 26.7 Å². The number of fused-ring (bicyclic) bond motifs is 1. The van der Waals surface area contributed by atoms with E-state index in [1.165, 1.54) is 14.2 Å². The number of phenolic OH excluding ortho intramolecular Hbond substituents is 1. The minimum Gasteiger partial charge on any atom is -0.502 e. The van der Waals surface area contributed by atoms with Crippen LogP contribution in [0.3, 0.4) is 0 Å². The average Bonchev–Trinajstić information content (AvgIpc) is 3.30. The fourth-order valence-corrected chi connectivity index (χ4v) is 3.75. The predicted octanol–water partition coefficient (Wildman–Crippen LogP) is 2.71. The van der Waals surface area contributed by atoms with Crippen LogP contribution in [0.25, 0.3) is 0 Å². The molecule has 4 rings (SSSR count). The third kappa shape index (κ3) is 3.40. The van der Waals surface area contributed by atoms with Gasteiger partial charge in [0.2, 0.25) is 12.5 Å². The minimum absolute atomic E-state index is 0.0404. The molecule has 2 unspecified atom stereocenters. The van der Waals surface area contributed by atoms with Crippen molar-refractivity contribution in [2.75, 3.05) is 27.6 Å². The van der Waals surface area contributed by atoms with E-state index in [-0.39, 0.29) is 30.3 Å². The zero-order chi connectivity index (χ0) is 19.7. The predicted molar refractivity (Wildman–Crippen MR) is 99.1 cm³/mol. The third-order valence-electron chi connectivity index (χ3n) is 5.24. The SMILES string of the molecule is COc1cc(CC2C(=O)OCC2Cc2ccc3c(c2)OCO3)cc(OC)c1O. The molecule has 0 aromatic heterocycles. The molecule has 28 heavy (non-hydrogen) atoms. The number of benzene rings is 2. The Morgan fingerprint density at radius 2 is 1.68 bits per heavy atom. The Morgan fingerprint density at radius 1 is 0.964 bits per heavy atom. The molecule has 0 amide bonds. The van der Waals surface area contributed by atoms with E-state index in [9.17, 15) is 9.90 Å². The smallest absolute Gasteiger partial charge is 0.309 e. The van der Waals surface area contributed by atoms with Gasteiger partial charge in [-0.3, -0.25) is 4.79 Å². The molecular formula is C21H22O7. The molecule has 2 aromatic carbocycles. The van der Waals surface area contributed by atoms with E-state index >= 15 is 0 Å². The van der Waals surface area contributed by atoms with Gasteiger partial charge >= 0.3 is 5.97 Å². The maximum absolute atomic E-state index is 12.4. The second-order valence-electron chi connectivity index (χ2n) is 6.94. The van der Waals surface area contributed by atoms with Crippen LogP contribution in [-0.2, 0) is 22.4 Å². The Labute approximate surface area is 162 Å². The lowest BCUT2D eigenvalue weighted by molar-refractivity contribution is -0.141. The van der Waals surface area contributed by atoms with Crippen LogP contribution in [0.2, 0.25) is 0 Å². The number of hydrogen-bond donors (Lipinski definition) is 1. The number of rotatable bonds is 6. The second kappa shape index (κ2) is 7.50. The summed E-state index contributed by atoms with van der Waals surface area (Å²) in [6.45, 7) is 0.612. The monoisotopic (exact) mass is 386 g/mol. The topological polar surface area (TPSA) is 83.5 Å². The highest BCUT2D eigenvalue weighted by molar-refractivity contribution is 5.75. The number of phenols is 1. The van der Waals surface area contributed by atoms with Gasteiger partial charge in [0.15, 0.2) is 23.0 Å². The standard InChI is InChI=1S/C21H22O7/c1-24-18-8-13(9-19(25-2)20(18)22)6-15-14(10-26-21(15)23)5-12-3-4-16-17(7-12)28-11-27-16/h3-4,7-9,14-15,22H,5-6,10-11H2,1-2H3. The summed E-state index contributed by atoms with van der Waals surface area (Å²) < 4.78 is 26.6. The maximum Gasteiger partial charge on any atom is 0.309 e. The van der Waals surface area contributed by atoms with Gasteiger partial charge in [0.25, 0.3) is 0 Å². The van der Waals surface area contributed by atoms with E-state index < -0.39 is 0 Å². The van der Waals surface area contributed by atoms with Crippen molar-refractivity contribution in [3.8, 4) is 28.7 Å². The molecule has 2 heterocycles. The molecule has 2 aliphatic rings. The Balaban J connectivity index is 1.54. The molecule has 0 spiro atoms. The van der Waals surface area contributed by atoms with Crippen LogP contribution >= 0.6 is 0 Å². The first-order valence-electron chi connectivity index (χ1n) is 9.08. The minimum atomic E-state index is -0.288. The summed E-state index contributed by atoms with van der Waals surface area (Å²) in [5.41, 5.74) is 1.91. The zero-order valence-electron chi connectivity index (χ0n) is 15.8. The summed E-state index contributed by atoms with van der Waals surface area (Å²) in [6, 6.07) is 9.27. The van der Waals surface area contributed by atoms with Gasteiger partial charge in [0.1, 0.15) is 0 Å². The van der Waals surface area contributed by atoms with Crippen molar-refractivity contribution in [3.05, 3.63) is 41.5 Å². The van der Waals surface area contributed by atoms with E-state index in [2.05, 4.69) is 0 Å². The molecule has 2 aromatic rings. The fourth-order valence-electron chi connectivity index (χ4n) is 3.75. The van der Waals surface area contributed by atoms with Crippen molar-refractivity contribution >= 4 is 5.97 Å². The molecule has 1 fully saturated rings. The molecule has 0 bridgehead atoms.